The number of hydrogen-bond acceptors (Lipinski definition) is 5. The Bertz CT molecular complexity index is 1000. The molecule has 0 unspecified atom stereocenters. The predicted octanol–water partition coefficient (Wildman–Crippen LogP) is 4.44. The Hall–Kier alpha value is -1.54. The first-order valence-electron chi connectivity index (χ1n) is 10.5. The van der Waals surface area contributed by atoms with Gasteiger partial charge >= 0.3 is 0 Å². The molecule has 0 bridgehead atoms. The number of halogens is 1. The van der Waals surface area contributed by atoms with E-state index >= 15 is 0 Å². The van der Waals surface area contributed by atoms with E-state index in [1.807, 2.05) is 48.5 Å². The summed E-state index contributed by atoms with van der Waals surface area (Å²) < 4.78 is 29.8. The smallest absolute Gasteiger partial charge is 0.254 e. The van der Waals surface area contributed by atoms with Crippen LogP contribution in [0.25, 0.3) is 0 Å². The molecule has 5 nitrogen and oxygen atoms in total. The van der Waals surface area contributed by atoms with Gasteiger partial charge < -0.3 is 9.64 Å². The fourth-order valence-corrected chi connectivity index (χ4v) is 6.74. The maximum Gasteiger partial charge on any atom is 0.254 e. The van der Waals surface area contributed by atoms with Gasteiger partial charge in [-0.1, -0.05) is 23.7 Å². The van der Waals surface area contributed by atoms with Crippen LogP contribution in [0.15, 0.2) is 53.4 Å². The van der Waals surface area contributed by atoms with E-state index in [1.54, 1.807) is 16.7 Å². The Kier molecular flexibility index (Phi) is 7.26. The zero-order valence-corrected chi connectivity index (χ0v) is 19.6. The summed E-state index contributed by atoms with van der Waals surface area (Å²) in [6, 6.07) is 15.1. The Balaban J connectivity index is 1.43. The highest BCUT2D eigenvalue weighted by Crippen LogP contribution is 2.26. The maximum atomic E-state index is 13.3. The average molecular weight is 480 g/mol. The molecule has 2 aliphatic rings. The van der Waals surface area contributed by atoms with E-state index in [1.165, 1.54) is 0 Å². The minimum absolute atomic E-state index is 0.0118. The third kappa shape index (κ3) is 6.04. The molecule has 0 aromatic heterocycles. The number of ether oxygens (including phenoxy) is 1. The van der Waals surface area contributed by atoms with E-state index in [0.29, 0.717) is 25.1 Å². The molecule has 0 N–H and O–H groups in total. The third-order valence-electron chi connectivity index (χ3n) is 5.75. The van der Waals surface area contributed by atoms with Gasteiger partial charge in [-0.25, -0.2) is 8.42 Å². The molecule has 2 heterocycles. The highest BCUT2D eigenvalue weighted by atomic mass is 35.5. The Morgan fingerprint density at radius 2 is 1.84 bits per heavy atom. The number of carbonyl (C=O) groups excluding carboxylic acids is 1. The van der Waals surface area contributed by atoms with Gasteiger partial charge in [-0.2, -0.15) is 0 Å². The summed E-state index contributed by atoms with van der Waals surface area (Å²) in [5, 5.41) is 0.717. The normalized spacial score (nSPS) is 22.5. The Labute approximate surface area is 193 Å². The maximum absolute atomic E-state index is 13.3. The first-order chi connectivity index (χ1) is 14.9. The van der Waals surface area contributed by atoms with E-state index in [9.17, 15) is 13.2 Å². The summed E-state index contributed by atoms with van der Waals surface area (Å²) in [7, 11) is -3.08. The van der Waals surface area contributed by atoms with Gasteiger partial charge in [0, 0.05) is 40.4 Å². The number of nitrogens with zero attached hydrogens (tertiary/aromatic N) is 1. The molecule has 0 radical (unpaired) electrons. The summed E-state index contributed by atoms with van der Waals surface area (Å²) >= 11 is 7.64. The standard InChI is InChI=1S/C23H26ClNO4S2/c24-19-7-9-22(10-8-19)30-15-17-3-5-18(6-4-17)23(26)25(14-21-2-1-12-29-21)20-11-13-31(27,28)16-20/h3-10,20-21H,1-2,11-16H2/t20-,21-/m0/s1. The third-order valence-corrected chi connectivity index (χ3v) is 8.84. The molecule has 8 heteroatoms. The summed E-state index contributed by atoms with van der Waals surface area (Å²) in [5.74, 6) is 0.862. The fourth-order valence-electron chi connectivity index (χ4n) is 4.03. The molecule has 2 saturated heterocycles. The first-order valence-corrected chi connectivity index (χ1v) is 13.7. The van der Waals surface area contributed by atoms with Crippen molar-refractivity contribution in [3.63, 3.8) is 0 Å². The van der Waals surface area contributed by atoms with Crippen molar-refractivity contribution in [2.24, 2.45) is 0 Å². The number of carbonyl (C=O) groups is 1. The summed E-state index contributed by atoms with van der Waals surface area (Å²) in [5.41, 5.74) is 1.70. The predicted molar refractivity (Wildman–Crippen MR) is 125 cm³/mol. The van der Waals surface area contributed by atoms with Gasteiger partial charge in [-0.15, -0.1) is 11.8 Å². The molecular formula is C23H26ClNO4S2. The Morgan fingerprint density at radius 1 is 1.10 bits per heavy atom. The fraction of sp³-hybridized carbons (Fsp3) is 0.435. The van der Waals surface area contributed by atoms with Crippen molar-refractivity contribution in [2.45, 2.75) is 42.1 Å². The zero-order chi connectivity index (χ0) is 21.8. The van der Waals surface area contributed by atoms with Crippen LogP contribution < -0.4 is 0 Å². The van der Waals surface area contributed by atoms with Crippen LogP contribution in [-0.2, 0) is 20.3 Å². The summed E-state index contributed by atoms with van der Waals surface area (Å²) in [6.45, 7) is 1.16. The molecule has 0 saturated carbocycles. The van der Waals surface area contributed by atoms with Gasteiger partial charge in [-0.05, 0) is 61.2 Å². The van der Waals surface area contributed by atoms with Gasteiger partial charge in [0.25, 0.3) is 5.91 Å². The molecule has 2 fully saturated rings. The minimum atomic E-state index is -3.08. The lowest BCUT2D eigenvalue weighted by Crippen LogP contribution is -2.45. The second kappa shape index (κ2) is 9.94. The number of hydrogen-bond donors (Lipinski definition) is 0. The van der Waals surface area contributed by atoms with Crippen molar-refractivity contribution >= 4 is 39.1 Å². The molecule has 31 heavy (non-hydrogen) atoms. The SMILES string of the molecule is O=C(c1ccc(CSc2ccc(Cl)cc2)cc1)N(C[C@@H]1CCCO1)[C@H]1CCS(=O)(=O)C1. The first kappa shape index (κ1) is 22.6. The quantitative estimate of drug-likeness (QED) is 0.549. The van der Waals surface area contributed by atoms with E-state index in [2.05, 4.69) is 0 Å². The van der Waals surface area contributed by atoms with Crippen LogP contribution in [-0.4, -0.2) is 56.0 Å². The van der Waals surface area contributed by atoms with Crippen LogP contribution in [0.2, 0.25) is 5.02 Å². The van der Waals surface area contributed by atoms with Crippen molar-refractivity contribution in [1.82, 2.24) is 4.90 Å². The topological polar surface area (TPSA) is 63.7 Å². The van der Waals surface area contributed by atoms with Crippen LogP contribution >= 0.6 is 23.4 Å². The molecule has 2 atom stereocenters. The minimum Gasteiger partial charge on any atom is -0.376 e. The van der Waals surface area contributed by atoms with Crippen molar-refractivity contribution < 1.29 is 17.9 Å². The lowest BCUT2D eigenvalue weighted by Gasteiger charge is -2.30. The van der Waals surface area contributed by atoms with Crippen molar-refractivity contribution in [1.29, 1.82) is 0 Å². The molecule has 4 rings (SSSR count). The van der Waals surface area contributed by atoms with Gasteiger partial charge in [0.1, 0.15) is 0 Å². The van der Waals surface area contributed by atoms with Crippen molar-refractivity contribution in [2.75, 3.05) is 24.7 Å². The van der Waals surface area contributed by atoms with Crippen molar-refractivity contribution in [3.8, 4) is 0 Å². The molecule has 2 aromatic rings. The monoisotopic (exact) mass is 479 g/mol. The zero-order valence-electron chi connectivity index (χ0n) is 17.2. The number of thioether (sulfide) groups is 1. The van der Waals surface area contributed by atoms with Crippen LogP contribution in [0.3, 0.4) is 0 Å². The second-order valence-corrected chi connectivity index (χ2v) is 11.8. The highest BCUT2D eigenvalue weighted by molar-refractivity contribution is 7.98. The second-order valence-electron chi connectivity index (χ2n) is 8.09. The lowest BCUT2D eigenvalue weighted by atomic mass is 10.1. The van der Waals surface area contributed by atoms with Crippen LogP contribution in [0, 0.1) is 0 Å². The molecule has 1 amide bonds. The summed E-state index contributed by atoms with van der Waals surface area (Å²) in [4.78, 5) is 16.2. The lowest BCUT2D eigenvalue weighted by molar-refractivity contribution is 0.0441. The molecule has 166 valence electrons. The van der Waals surface area contributed by atoms with E-state index in [4.69, 9.17) is 16.3 Å². The molecule has 2 aromatic carbocycles. The molecular weight excluding hydrogens is 454 g/mol. The highest BCUT2D eigenvalue weighted by Gasteiger charge is 2.36. The van der Waals surface area contributed by atoms with Crippen LogP contribution in [0.1, 0.15) is 35.2 Å². The van der Waals surface area contributed by atoms with Crippen LogP contribution in [0.4, 0.5) is 0 Å². The number of rotatable bonds is 7. The van der Waals surface area contributed by atoms with Crippen molar-refractivity contribution in [3.05, 3.63) is 64.7 Å². The van der Waals surface area contributed by atoms with Gasteiger partial charge in [0.15, 0.2) is 9.84 Å². The van der Waals surface area contributed by atoms with Gasteiger partial charge in [-0.3, -0.25) is 4.79 Å². The molecule has 0 spiro atoms. The van der Waals surface area contributed by atoms with Crippen LogP contribution in [0.5, 0.6) is 0 Å². The number of sulfone groups is 1. The van der Waals surface area contributed by atoms with E-state index in [0.717, 1.165) is 34.1 Å². The van der Waals surface area contributed by atoms with Gasteiger partial charge in [0.2, 0.25) is 0 Å². The van der Waals surface area contributed by atoms with E-state index < -0.39 is 9.84 Å². The average Bonchev–Trinajstić information content (AvgIpc) is 3.40. The van der Waals surface area contributed by atoms with E-state index in [-0.39, 0.29) is 29.6 Å². The molecule has 2 aliphatic heterocycles. The number of amides is 1. The Morgan fingerprint density at radius 3 is 2.45 bits per heavy atom. The number of benzene rings is 2. The summed E-state index contributed by atoms with van der Waals surface area (Å²) in [6.07, 6.45) is 2.37. The molecule has 0 aliphatic carbocycles. The van der Waals surface area contributed by atoms with Gasteiger partial charge in [0.05, 0.1) is 17.6 Å². The largest absolute Gasteiger partial charge is 0.376 e.